The summed E-state index contributed by atoms with van der Waals surface area (Å²) in [5.41, 5.74) is -2.16. The fourth-order valence-corrected chi connectivity index (χ4v) is 4.02. The highest BCUT2D eigenvalue weighted by Crippen LogP contribution is 2.37. The Hall–Kier alpha value is -2.30. The largest absolute Gasteiger partial charge is 0.456 e. The van der Waals surface area contributed by atoms with Gasteiger partial charge in [0.25, 0.3) is 0 Å². The zero-order valence-corrected chi connectivity index (χ0v) is 17.2. The maximum Gasteiger partial charge on any atom is 0.303 e. The van der Waals surface area contributed by atoms with Crippen LogP contribution in [0.15, 0.2) is 0 Å². The van der Waals surface area contributed by atoms with Gasteiger partial charge in [0.1, 0.15) is 6.04 Å². The average molecular weight is 419 g/mol. The molecule has 0 aromatic rings. The predicted octanol–water partition coefficient (Wildman–Crippen LogP) is 0.660. The van der Waals surface area contributed by atoms with Crippen molar-refractivity contribution in [3.63, 3.8) is 0 Å². The molecular formula is C17H25NO9S. The van der Waals surface area contributed by atoms with E-state index in [1.807, 2.05) is 0 Å². The van der Waals surface area contributed by atoms with E-state index in [9.17, 15) is 24.0 Å². The van der Waals surface area contributed by atoms with E-state index >= 15 is 0 Å². The Morgan fingerprint density at radius 3 is 1.68 bits per heavy atom. The smallest absolute Gasteiger partial charge is 0.303 e. The number of carbonyl (C=O) groups excluding carboxylic acids is 5. The first-order valence-electron chi connectivity index (χ1n) is 8.68. The number of esters is 4. The summed E-state index contributed by atoms with van der Waals surface area (Å²) in [6.07, 6.45) is -1.70. The van der Waals surface area contributed by atoms with Crippen molar-refractivity contribution in [2.24, 2.45) is 0 Å². The number of amides is 1. The van der Waals surface area contributed by atoms with E-state index in [1.165, 1.54) is 6.92 Å². The zero-order chi connectivity index (χ0) is 21.4. The lowest BCUT2D eigenvalue weighted by Crippen LogP contribution is -2.63. The molecular weight excluding hydrogens is 394 g/mol. The zero-order valence-electron chi connectivity index (χ0n) is 16.4. The molecule has 0 aromatic heterocycles. The summed E-state index contributed by atoms with van der Waals surface area (Å²) in [4.78, 5) is 58.4. The van der Waals surface area contributed by atoms with Gasteiger partial charge >= 0.3 is 23.9 Å². The summed E-state index contributed by atoms with van der Waals surface area (Å²) in [5.74, 6) is -3.11. The van der Waals surface area contributed by atoms with E-state index in [0.29, 0.717) is 6.42 Å². The number of rotatable bonds is 7. The van der Waals surface area contributed by atoms with Crippen LogP contribution in [0.1, 0.15) is 47.5 Å². The van der Waals surface area contributed by atoms with Crippen molar-refractivity contribution in [2.45, 2.75) is 76.6 Å². The van der Waals surface area contributed by atoms with Crippen LogP contribution in [-0.4, -0.2) is 58.9 Å². The Morgan fingerprint density at radius 1 is 0.750 bits per heavy atom. The van der Waals surface area contributed by atoms with Gasteiger partial charge in [0.15, 0.2) is 23.1 Å². The molecule has 0 bridgehead atoms. The highest BCUT2D eigenvalue weighted by Gasteiger charge is 2.53. The Labute approximate surface area is 167 Å². The molecule has 1 rings (SSSR count). The molecule has 28 heavy (non-hydrogen) atoms. The van der Waals surface area contributed by atoms with E-state index in [2.05, 4.69) is 5.32 Å². The maximum absolute atomic E-state index is 12.2. The van der Waals surface area contributed by atoms with Crippen molar-refractivity contribution in [2.75, 3.05) is 0 Å². The fourth-order valence-electron chi connectivity index (χ4n) is 2.61. The monoisotopic (exact) mass is 419 g/mol. The highest BCUT2D eigenvalue weighted by atomic mass is 32.2. The van der Waals surface area contributed by atoms with Crippen LogP contribution in [0.5, 0.6) is 0 Å². The minimum absolute atomic E-state index is 0.187. The molecule has 0 saturated carbocycles. The summed E-state index contributed by atoms with van der Waals surface area (Å²) < 4.78 is 21.0. The predicted molar refractivity (Wildman–Crippen MR) is 96.6 cm³/mol. The second kappa shape index (κ2) is 10.9. The number of thioether (sulfide) groups is 1. The number of carbonyl (C=O) groups is 5. The molecule has 1 amide bonds. The summed E-state index contributed by atoms with van der Waals surface area (Å²) in [6, 6.07) is -1.02. The molecule has 1 heterocycles. The molecule has 5 atom stereocenters. The molecule has 1 aliphatic rings. The molecule has 0 radical (unpaired) electrons. The van der Waals surface area contributed by atoms with E-state index < -0.39 is 53.0 Å². The van der Waals surface area contributed by atoms with Gasteiger partial charge in [-0.1, -0.05) is 18.7 Å². The van der Waals surface area contributed by atoms with E-state index in [0.717, 1.165) is 32.5 Å². The third-order valence-electron chi connectivity index (χ3n) is 3.48. The van der Waals surface area contributed by atoms with Crippen LogP contribution in [-0.2, 0) is 42.9 Å². The molecule has 11 heteroatoms. The maximum atomic E-state index is 12.2. The van der Waals surface area contributed by atoms with Gasteiger partial charge in [-0.3, -0.25) is 24.0 Å². The Kier molecular flexibility index (Phi) is 9.23. The highest BCUT2D eigenvalue weighted by molar-refractivity contribution is 8.00. The van der Waals surface area contributed by atoms with Crippen molar-refractivity contribution < 1.29 is 42.9 Å². The van der Waals surface area contributed by atoms with Crippen LogP contribution >= 0.6 is 11.8 Å². The van der Waals surface area contributed by atoms with Gasteiger partial charge in [-0.05, 0) is 6.42 Å². The minimum atomic E-state index is -1.24. The fraction of sp³-hybridized carbons (Fsp3) is 0.706. The van der Waals surface area contributed by atoms with Gasteiger partial charge in [-0.2, -0.15) is 0 Å². The normalized spacial score (nSPS) is 26.5. The standard InChI is InChI=1S/C17H25NO9S/c1-6-7-12(23)18-13-14(24-8(2)19)15(25-9(3)20)17(27-11(5)22)28-16(13)26-10(4)21/h13-17H,6-7H2,1-5H3,(H,18,23)/t13-,14-,15+,16?,17+/m1/s1. The number of nitrogens with one attached hydrogen (secondary N) is 1. The lowest BCUT2D eigenvalue weighted by molar-refractivity contribution is -0.184. The molecule has 0 aliphatic carbocycles. The van der Waals surface area contributed by atoms with Gasteiger partial charge in [0, 0.05) is 34.1 Å². The van der Waals surface area contributed by atoms with E-state index in [-0.39, 0.29) is 12.3 Å². The van der Waals surface area contributed by atoms with Gasteiger partial charge < -0.3 is 24.3 Å². The molecule has 10 nitrogen and oxygen atoms in total. The van der Waals surface area contributed by atoms with E-state index in [4.69, 9.17) is 18.9 Å². The van der Waals surface area contributed by atoms with Crippen molar-refractivity contribution in [3.8, 4) is 0 Å². The molecule has 1 fully saturated rings. The molecule has 0 aromatic carbocycles. The molecule has 1 aliphatic heterocycles. The third kappa shape index (κ3) is 7.37. The lowest BCUT2D eigenvalue weighted by Gasteiger charge is -2.43. The summed E-state index contributed by atoms with van der Waals surface area (Å²) in [7, 11) is 0. The van der Waals surface area contributed by atoms with Crippen LogP contribution in [0.4, 0.5) is 0 Å². The Morgan fingerprint density at radius 2 is 1.21 bits per heavy atom. The van der Waals surface area contributed by atoms with Crippen molar-refractivity contribution in [1.29, 1.82) is 0 Å². The van der Waals surface area contributed by atoms with Crippen LogP contribution < -0.4 is 5.32 Å². The molecule has 1 saturated heterocycles. The first-order valence-corrected chi connectivity index (χ1v) is 9.63. The quantitative estimate of drug-likeness (QED) is 0.463. The second-order valence-electron chi connectivity index (χ2n) is 6.08. The van der Waals surface area contributed by atoms with Gasteiger partial charge in [0.05, 0.1) is 0 Å². The topological polar surface area (TPSA) is 134 Å². The van der Waals surface area contributed by atoms with Crippen molar-refractivity contribution in [1.82, 2.24) is 5.32 Å². The number of hydrogen-bond donors (Lipinski definition) is 1. The lowest BCUT2D eigenvalue weighted by atomic mass is 10.0. The van der Waals surface area contributed by atoms with Crippen LogP contribution in [0, 0.1) is 0 Å². The van der Waals surface area contributed by atoms with Crippen molar-refractivity contribution >= 4 is 41.5 Å². The van der Waals surface area contributed by atoms with Crippen LogP contribution in [0.2, 0.25) is 0 Å². The molecule has 158 valence electrons. The summed E-state index contributed by atoms with van der Waals surface area (Å²) in [5, 5.41) is 2.66. The number of ether oxygens (including phenoxy) is 4. The Balaban J connectivity index is 3.33. The molecule has 1 unspecified atom stereocenters. The van der Waals surface area contributed by atoms with Crippen LogP contribution in [0.3, 0.4) is 0 Å². The van der Waals surface area contributed by atoms with Gasteiger partial charge in [-0.25, -0.2) is 0 Å². The summed E-state index contributed by atoms with van der Waals surface area (Å²) >= 11 is 0.868. The van der Waals surface area contributed by atoms with Crippen molar-refractivity contribution in [3.05, 3.63) is 0 Å². The molecule has 1 N–H and O–H groups in total. The minimum Gasteiger partial charge on any atom is -0.456 e. The number of hydrogen-bond acceptors (Lipinski definition) is 10. The Bertz CT molecular complexity index is 624. The summed E-state index contributed by atoms with van der Waals surface area (Å²) in [6.45, 7) is 6.41. The average Bonchev–Trinajstić information content (AvgIpc) is 2.52. The van der Waals surface area contributed by atoms with Gasteiger partial charge in [-0.15, -0.1) is 0 Å². The first kappa shape index (κ1) is 23.7. The third-order valence-corrected chi connectivity index (χ3v) is 4.77. The van der Waals surface area contributed by atoms with Gasteiger partial charge in [0.2, 0.25) is 5.91 Å². The van der Waals surface area contributed by atoms with E-state index in [1.54, 1.807) is 6.92 Å². The molecule has 0 spiro atoms. The van der Waals surface area contributed by atoms with Crippen LogP contribution in [0.25, 0.3) is 0 Å². The first-order chi connectivity index (χ1) is 13.0. The second-order valence-corrected chi connectivity index (χ2v) is 7.28. The SMILES string of the molecule is CCCC(=O)N[C@H]1C(OC(C)=O)S[C@H](OC(C)=O)[C@@H](OC(C)=O)[C@@H]1OC(C)=O.